The summed E-state index contributed by atoms with van der Waals surface area (Å²) in [5.41, 5.74) is 2.39. The highest BCUT2D eigenvalue weighted by atomic mass is 16.1. The van der Waals surface area contributed by atoms with Gasteiger partial charge in [-0.15, -0.1) is 0 Å². The molecule has 0 aliphatic heterocycles. The molecule has 0 spiro atoms. The molecular formula is C13H14N2O. The first-order chi connectivity index (χ1) is 7.72. The highest BCUT2D eigenvalue weighted by Crippen LogP contribution is 2.13. The molecule has 0 aliphatic carbocycles. The molecule has 0 bridgehead atoms. The van der Waals surface area contributed by atoms with Gasteiger partial charge < -0.3 is 0 Å². The Hall–Kier alpha value is -1.90. The standard InChI is InChI=1S/C13H14N2O/c1-3-15-9-11(8-14-15)13(16)12-7-5-4-6-10(12)2/h4-9H,3H2,1-2H3. The molecule has 3 heteroatoms. The Kier molecular flexibility index (Phi) is 2.86. The van der Waals surface area contributed by atoms with Crippen molar-refractivity contribution in [2.24, 2.45) is 0 Å². The summed E-state index contributed by atoms with van der Waals surface area (Å²) < 4.78 is 1.76. The van der Waals surface area contributed by atoms with Gasteiger partial charge in [-0.2, -0.15) is 5.10 Å². The Labute approximate surface area is 94.7 Å². The monoisotopic (exact) mass is 214 g/mol. The topological polar surface area (TPSA) is 34.9 Å². The van der Waals surface area contributed by atoms with Gasteiger partial charge in [0, 0.05) is 18.3 Å². The Bertz CT molecular complexity index is 514. The van der Waals surface area contributed by atoms with Crippen molar-refractivity contribution < 1.29 is 4.79 Å². The number of nitrogens with zero attached hydrogens (tertiary/aromatic N) is 2. The van der Waals surface area contributed by atoms with E-state index in [1.54, 1.807) is 17.1 Å². The number of aromatic nitrogens is 2. The first-order valence-electron chi connectivity index (χ1n) is 5.35. The number of rotatable bonds is 3. The fraction of sp³-hybridized carbons (Fsp3) is 0.231. The van der Waals surface area contributed by atoms with Crippen LogP contribution in [-0.2, 0) is 6.54 Å². The van der Waals surface area contributed by atoms with Crippen LogP contribution >= 0.6 is 0 Å². The van der Waals surface area contributed by atoms with Crippen molar-refractivity contribution in [3.05, 3.63) is 53.3 Å². The number of hydrogen-bond donors (Lipinski definition) is 0. The number of benzene rings is 1. The minimum absolute atomic E-state index is 0.0396. The summed E-state index contributed by atoms with van der Waals surface area (Å²) in [7, 11) is 0. The second-order valence-corrected chi connectivity index (χ2v) is 3.73. The highest BCUT2D eigenvalue weighted by molar-refractivity contribution is 6.09. The van der Waals surface area contributed by atoms with Gasteiger partial charge in [-0.1, -0.05) is 24.3 Å². The molecule has 2 rings (SSSR count). The van der Waals surface area contributed by atoms with Crippen LogP contribution in [0.4, 0.5) is 0 Å². The highest BCUT2D eigenvalue weighted by Gasteiger charge is 2.12. The summed E-state index contributed by atoms with van der Waals surface area (Å²) in [6, 6.07) is 7.60. The second-order valence-electron chi connectivity index (χ2n) is 3.73. The van der Waals surface area contributed by atoms with Gasteiger partial charge in [0.2, 0.25) is 0 Å². The fourth-order valence-electron chi connectivity index (χ4n) is 1.64. The van der Waals surface area contributed by atoms with Gasteiger partial charge in [0.15, 0.2) is 5.78 Å². The third kappa shape index (κ3) is 1.89. The molecule has 1 aromatic carbocycles. The Morgan fingerprint density at radius 1 is 1.38 bits per heavy atom. The molecule has 0 atom stereocenters. The van der Waals surface area contributed by atoms with Crippen LogP contribution in [0.2, 0.25) is 0 Å². The van der Waals surface area contributed by atoms with Gasteiger partial charge >= 0.3 is 0 Å². The molecule has 0 radical (unpaired) electrons. The van der Waals surface area contributed by atoms with E-state index in [-0.39, 0.29) is 5.78 Å². The Morgan fingerprint density at radius 2 is 2.12 bits per heavy atom. The van der Waals surface area contributed by atoms with E-state index in [9.17, 15) is 4.79 Å². The maximum Gasteiger partial charge on any atom is 0.196 e. The Balaban J connectivity index is 2.35. The lowest BCUT2D eigenvalue weighted by molar-refractivity contribution is 0.103. The minimum Gasteiger partial charge on any atom is -0.288 e. The molecule has 0 saturated carbocycles. The third-order valence-electron chi connectivity index (χ3n) is 2.61. The fourth-order valence-corrected chi connectivity index (χ4v) is 1.64. The van der Waals surface area contributed by atoms with Crippen molar-refractivity contribution in [1.29, 1.82) is 0 Å². The maximum absolute atomic E-state index is 12.1. The lowest BCUT2D eigenvalue weighted by atomic mass is 10.0. The molecule has 1 heterocycles. The smallest absolute Gasteiger partial charge is 0.196 e. The van der Waals surface area contributed by atoms with Crippen molar-refractivity contribution in [2.75, 3.05) is 0 Å². The number of ketones is 1. The number of hydrogen-bond acceptors (Lipinski definition) is 2. The molecule has 16 heavy (non-hydrogen) atoms. The van der Waals surface area contributed by atoms with E-state index in [1.165, 1.54) is 0 Å². The molecule has 0 fully saturated rings. The van der Waals surface area contributed by atoms with Gasteiger partial charge in [0.1, 0.15) is 0 Å². The molecular weight excluding hydrogens is 200 g/mol. The molecule has 1 aromatic heterocycles. The summed E-state index contributed by atoms with van der Waals surface area (Å²) in [6.07, 6.45) is 3.41. The lowest BCUT2D eigenvalue weighted by Gasteiger charge is -2.01. The Morgan fingerprint density at radius 3 is 2.75 bits per heavy atom. The molecule has 82 valence electrons. The summed E-state index contributed by atoms with van der Waals surface area (Å²) in [4.78, 5) is 12.1. The first-order valence-corrected chi connectivity index (χ1v) is 5.35. The van der Waals surface area contributed by atoms with Crippen molar-refractivity contribution in [3.8, 4) is 0 Å². The minimum atomic E-state index is 0.0396. The van der Waals surface area contributed by atoms with Gasteiger partial charge in [-0.25, -0.2) is 0 Å². The van der Waals surface area contributed by atoms with Crippen LogP contribution in [-0.4, -0.2) is 15.6 Å². The van der Waals surface area contributed by atoms with Gasteiger partial charge in [-0.3, -0.25) is 9.48 Å². The van der Waals surface area contributed by atoms with Gasteiger partial charge in [0.25, 0.3) is 0 Å². The SMILES string of the molecule is CCn1cc(C(=O)c2ccccc2C)cn1. The van der Waals surface area contributed by atoms with E-state index in [2.05, 4.69) is 5.10 Å². The van der Waals surface area contributed by atoms with Crippen LogP contribution in [0.3, 0.4) is 0 Å². The quantitative estimate of drug-likeness (QED) is 0.735. The molecule has 0 N–H and O–H groups in total. The largest absolute Gasteiger partial charge is 0.288 e. The van der Waals surface area contributed by atoms with Crippen molar-refractivity contribution in [1.82, 2.24) is 9.78 Å². The zero-order valence-electron chi connectivity index (χ0n) is 9.47. The van der Waals surface area contributed by atoms with Crippen molar-refractivity contribution in [2.45, 2.75) is 20.4 Å². The van der Waals surface area contributed by atoms with E-state index in [0.29, 0.717) is 5.56 Å². The third-order valence-corrected chi connectivity index (χ3v) is 2.61. The second kappa shape index (κ2) is 4.31. The molecule has 0 unspecified atom stereocenters. The normalized spacial score (nSPS) is 10.4. The van der Waals surface area contributed by atoms with Gasteiger partial charge in [-0.05, 0) is 19.4 Å². The van der Waals surface area contributed by atoms with Crippen LogP contribution in [0.25, 0.3) is 0 Å². The molecule has 2 aromatic rings. The predicted octanol–water partition coefficient (Wildman–Crippen LogP) is 2.44. The maximum atomic E-state index is 12.1. The molecule has 0 aliphatic rings. The molecule has 3 nitrogen and oxygen atoms in total. The van der Waals surface area contributed by atoms with Crippen LogP contribution < -0.4 is 0 Å². The first kappa shape index (κ1) is 10.6. The average Bonchev–Trinajstić information content (AvgIpc) is 2.77. The number of carbonyl (C=O) groups excluding carboxylic acids is 1. The lowest BCUT2D eigenvalue weighted by Crippen LogP contribution is -2.02. The van der Waals surface area contributed by atoms with Crippen molar-refractivity contribution >= 4 is 5.78 Å². The van der Waals surface area contributed by atoms with Crippen LogP contribution in [0.5, 0.6) is 0 Å². The van der Waals surface area contributed by atoms with E-state index in [1.807, 2.05) is 38.1 Å². The predicted molar refractivity (Wildman–Crippen MR) is 62.5 cm³/mol. The molecule has 0 amide bonds. The summed E-state index contributed by atoms with van der Waals surface area (Å²) in [6.45, 7) is 4.72. The average molecular weight is 214 g/mol. The zero-order chi connectivity index (χ0) is 11.5. The van der Waals surface area contributed by atoms with E-state index in [4.69, 9.17) is 0 Å². The molecule has 0 saturated heterocycles. The van der Waals surface area contributed by atoms with E-state index in [0.717, 1.165) is 17.7 Å². The van der Waals surface area contributed by atoms with Crippen LogP contribution in [0, 0.1) is 6.92 Å². The summed E-state index contributed by atoms with van der Waals surface area (Å²) in [5.74, 6) is 0.0396. The van der Waals surface area contributed by atoms with Crippen molar-refractivity contribution in [3.63, 3.8) is 0 Å². The van der Waals surface area contributed by atoms with Gasteiger partial charge in [0.05, 0.1) is 11.8 Å². The zero-order valence-corrected chi connectivity index (χ0v) is 9.47. The number of carbonyl (C=O) groups is 1. The van der Waals surface area contributed by atoms with Crippen LogP contribution in [0.1, 0.15) is 28.4 Å². The van der Waals surface area contributed by atoms with E-state index < -0.39 is 0 Å². The van der Waals surface area contributed by atoms with E-state index >= 15 is 0 Å². The summed E-state index contributed by atoms with van der Waals surface area (Å²) in [5, 5.41) is 4.11. The number of aryl methyl sites for hydroxylation is 2. The van der Waals surface area contributed by atoms with Crippen LogP contribution in [0.15, 0.2) is 36.7 Å². The summed E-state index contributed by atoms with van der Waals surface area (Å²) >= 11 is 0.